The van der Waals surface area contributed by atoms with Crippen LogP contribution in [-0.2, 0) is 4.79 Å². The predicted molar refractivity (Wildman–Crippen MR) is 93.6 cm³/mol. The van der Waals surface area contributed by atoms with Crippen LogP contribution in [0.15, 0.2) is 84.9 Å². The van der Waals surface area contributed by atoms with Crippen LogP contribution in [0.3, 0.4) is 0 Å². The molecule has 1 amide bonds. The van der Waals surface area contributed by atoms with E-state index in [9.17, 15) is 9.90 Å². The van der Waals surface area contributed by atoms with Gasteiger partial charge >= 0.3 is 0 Å². The van der Waals surface area contributed by atoms with Crippen molar-refractivity contribution >= 4 is 11.6 Å². The number of hydrogen-bond donors (Lipinski definition) is 1. The number of rotatable bonds is 3. The molecule has 24 heavy (non-hydrogen) atoms. The van der Waals surface area contributed by atoms with Gasteiger partial charge in [0.05, 0.1) is 11.7 Å². The normalized spacial score (nSPS) is 16.5. The number of aliphatic hydroxyl groups excluding tert-OH is 1. The number of aliphatic hydroxyl groups is 1. The molecule has 0 bridgehead atoms. The molecular weight excluding hydrogens is 298 g/mol. The van der Waals surface area contributed by atoms with Crippen molar-refractivity contribution in [3.8, 4) is 0 Å². The Morgan fingerprint density at radius 1 is 0.750 bits per heavy atom. The van der Waals surface area contributed by atoms with Gasteiger partial charge in [-0.15, -0.1) is 0 Å². The van der Waals surface area contributed by atoms with Crippen LogP contribution in [0.5, 0.6) is 0 Å². The van der Waals surface area contributed by atoms with Crippen LogP contribution in [0.1, 0.15) is 28.8 Å². The van der Waals surface area contributed by atoms with E-state index >= 15 is 0 Å². The fourth-order valence-electron chi connectivity index (χ4n) is 3.35. The minimum atomic E-state index is -1.10. The third-order valence-electron chi connectivity index (χ3n) is 4.45. The van der Waals surface area contributed by atoms with Gasteiger partial charge in [0, 0.05) is 5.56 Å². The minimum absolute atomic E-state index is 0.266. The highest BCUT2D eigenvalue weighted by molar-refractivity contribution is 6.04. The second kappa shape index (κ2) is 5.95. The van der Waals surface area contributed by atoms with Crippen LogP contribution < -0.4 is 4.90 Å². The van der Waals surface area contributed by atoms with E-state index in [0.717, 1.165) is 16.8 Å². The van der Waals surface area contributed by atoms with Crippen molar-refractivity contribution in [1.29, 1.82) is 0 Å². The number of carbonyl (C=O) groups excluding carboxylic acids is 1. The fraction of sp³-hybridized carbons (Fsp3) is 0.0952. The van der Waals surface area contributed by atoms with Gasteiger partial charge in [-0.05, 0) is 17.2 Å². The molecule has 0 fully saturated rings. The fourth-order valence-corrected chi connectivity index (χ4v) is 3.35. The average Bonchev–Trinajstić information content (AvgIpc) is 2.90. The summed E-state index contributed by atoms with van der Waals surface area (Å²) >= 11 is 0. The van der Waals surface area contributed by atoms with Gasteiger partial charge in [-0.25, -0.2) is 0 Å². The first kappa shape index (κ1) is 14.7. The molecule has 0 aliphatic carbocycles. The third kappa shape index (κ3) is 2.30. The van der Waals surface area contributed by atoms with Crippen molar-refractivity contribution in [3.63, 3.8) is 0 Å². The zero-order valence-electron chi connectivity index (χ0n) is 13.0. The molecule has 3 nitrogen and oxygen atoms in total. The van der Waals surface area contributed by atoms with Crippen molar-refractivity contribution in [2.24, 2.45) is 0 Å². The number of amides is 1. The highest BCUT2D eigenvalue weighted by atomic mass is 16.3. The van der Waals surface area contributed by atoms with E-state index in [-0.39, 0.29) is 11.9 Å². The number of hydrogen-bond acceptors (Lipinski definition) is 2. The Hall–Kier alpha value is -2.91. The lowest BCUT2D eigenvalue weighted by atomic mass is 9.97. The summed E-state index contributed by atoms with van der Waals surface area (Å²) in [5.41, 5.74) is 3.47. The molecule has 1 aliphatic heterocycles. The van der Waals surface area contributed by atoms with Gasteiger partial charge in [0.25, 0.3) is 5.91 Å². The first-order valence-corrected chi connectivity index (χ1v) is 7.97. The van der Waals surface area contributed by atoms with E-state index < -0.39 is 6.10 Å². The lowest BCUT2D eigenvalue weighted by molar-refractivity contribution is -0.126. The quantitative estimate of drug-likeness (QED) is 0.797. The van der Waals surface area contributed by atoms with Gasteiger partial charge < -0.3 is 5.11 Å². The Bertz CT molecular complexity index is 822. The molecule has 1 atom stereocenters. The van der Waals surface area contributed by atoms with Crippen molar-refractivity contribution < 1.29 is 9.90 Å². The molecule has 0 spiro atoms. The maximum absolute atomic E-state index is 12.8. The molecule has 0 radical (unpaired) electrons. The molecule has 3 heteroatoms. The highest BCUT2D eigenvalue weighted by Gasteiger charge is 2.40. The minimum Gasteiger partial charge on any atom is -0.378 e. The zero-order chi connectivity index (χ0) is 16.5. The Morgan fingerprint density at radius 3 is 1.83 bits per heavy atom. The molecular formula is C21H17NO2. The standard InChI is InChI=1S/C21H17NO2/c23-20-17-13-7-8-14-18(17)22(21(20)24)19(15-9-3-1-4-10-15)16-11-5-2-6-12-16/h1-14,19-20,23H. The van der Waals surface area contributed by atoms with Crippen molar-refractivity contribution in [1.82, 2.24) is 0 Å². The maximum Gasteiger partial charge on any atom is 0.261 e. The van der Waals surface area contributed by atoms with Crippen LogP contribution in [-0.4, -0.2) is 11.0 Å². The monoisotopic (exact) mass is 315 g/mol. The summed E-state index contributed by atoms with van der Waals surface area (Å²) in [5.74, 6) is -0.283. The third-order valence-corrected chi connectivity index (χ3v) is 4.45. The van der Waals surface area contributed by atoms with Gasteiger partial charge in [0.1, 0.15) is 0 Å². The van der Waals surface area contributed by atoms with Gasteiger partial charge in [-0.1, -0.05) is 78.9 Å². The smallest absolute Gasteiger partial charge is 0.261 e. The number of para-hydroxylation sites is 1. The molecule has 3 aromatic carbocycles. The summed E-state index contributed by atoms with van der Waals surface area (Å²) in [5, 5.41) is 10.4. The lowest BCUT2D eigenvalue weighted by Gasteiger charge is -2.29. The number of fused-ring (bicyclic) bond motifs is 1. The van der Waals surface area contributed by atoms with E-state index in [1.165, 1.54) is 0 Å². The summed E-state index contributed by atoms with van der Waals surface area (Å²) in [6.07, 6.45) is -1.10. The first-order valence-electron chi connectivity index (χ1n) is 7.97. The van der Waals surface area contributed by atoms with E-state index in [2.05, 4.69) is 0 Å². The lowest BCUT2D eigenvalue weighted by Crippen LogP contribution is -2.33. The summed E-state index contributed by atoms with van der Waals surface area (Å²) in [6, 6.07) is 27.0. The number of nitrogens with zero attached hydrogens (tertiary/aromatic N) is 1. The molecule has 1 unspecified atom stereocenters. The molecule has 118 valence electrons. The van der Waals surface area contributed by atoms with Gasteiger partial charge in [-0.3, -0.25) is 9.69 Å². The number of benzene rings is 3. The van der Waals surface area contributed by atoms with Crippen LogP contribution in [0, 0.1) is 0 Å². The molecule has 0 saturated heterocycles. The van der Waals surface area contributed by atoms with Crippen molar-refractivity contribution in [3.05, 3.63) is 102 Å². The van der Waals surface area contributed by atoms with E-state index in [0.29, 0.717) is 5.56 Å². The van der Waals surface area contributed by atoms with Gasteiger partial charge in [-0.2, -0.15) is 0 Å². The number of carbonyl (C=O) groups is 1. The zero-order valence-corrected chi connectivity index (χ0v) is 13.0. The van der Waals surface area contributed by atoms with E-state index in [1.807, 2.05) is 84.9 Å². The molecule has 4 rings (SSSR count). The SMILES string of the molecule is O=C1C(O)c2ccccc2N1C(c1ccccc1)c1ccccc1. The Morgan fingerprint density at radius 2 is 1.25 bits per heavy atom. The summed E-state index contributed by atoms with van der Waals surface area (Å²) in [6.45, 7) is 0. The Labute approximate surface area is 140 Å². The average molecular weight is 315 g/mol. The van der Waals surface area contributed by atoms with Crippen LogP contribution in [0.4, 0.5) is 5.69 Å². The van der Waals surface area contributed by atoms with Crippen LogP contribution in [0.25, 0.3) is 0 Å². The second-order valence-electron chi connectivity index (χ2n) is 5.89. The predicted octanol–water partition coefficient (Wildman–Crippen LogP) is 3.86. The van der Waals surface area contributed by atoms with Crippen molar-refractivity contribution in [2.75, 3.05) is 4.90 Å². The molecule has 3 aromatic rings. The Kier molecular flexibility index (Phi) is 3.63. The van der Waals surface area contributed by atoms with Gasteiger partial charge in [0.15, 0.2) is 6.10 Å². The largest absolute Gasteiger partial charge is 0.378 e. The number of anilines is 1. The van der Waals surface area contributed by atoms with E-state index in [1.54, 1.807) is 4.90 Å². The topological polar surface area (TPSA) is 40.5 Å². The molecule has 1 aliphatic rings. The van der Waals surface area contributed by atoms with E-state index in [4.69, 9.17) is 0 Å². The molecule has 0 aromatic heterocycles. The molecule has 1 heterocycles. The Balaban J connectivity index is 1.90. The molecule has 0 saturated carbocycles. The summed E-state index contributed by atoms with van der Waals surface area (Å²) in [7, 11) is 0. The van der Waals surface area contributed by atoms with Crippen LogP contribution >= 0.6 is 0 Å². The highest BCUT2D eigenvalue weighted by Crippen LogP contribution is 2.43. The van der Waals surface area contributed by atoms with Crippen LogP contribution in [0.2, 0.25) is 0 Å². The maximum atomic E-state index is 12.8. The van der Waals surface area contributed by atoms with Crippen molar-refractivity contribution in [2.45, 2.75) is 12.1 Å². The first-order chi connectivity index (χ1) is 11.8. The molecule has 1 N–H and O–H groups in total. The second-order valence-corrected chi connectivity index (χ2v) is 5.89. The summed E-state index contributed by atoms with van der Waals surface area (Å²) < 4.78 is 0. The summed E-state index contributed by atoms with van der Waals surface area (Å²) in [4.78, 5) is 14.5. The van der Waals surface area contributed by atoms with Gasteiger partial charge in [0.2, 0.25) is 0 Å².